The van der Waals surface area contributed by atoms with Gasteiger partial charge in [-0.3, -0.25) is 9.59 Å². The van der Waals surface area contributed by atoms with Crippen LogP contribution in [-0.2, 0) is 18.8 Å². The third-order valence-electron chi connectivity index (χ3n) is 2.47. The number of methoxy groups -OCH3 is 1. The average molecular weight is 291 g/mol. The third-order valence-corrected chi connectivity index (χ3v) is 4.62. The normalized spacial score (nSPS) is 23.4. The number of ether oxygens (including phenoxy) is 1. The minimum Gasteiger partial charge on any atom is -0.418 e. The van der Waals surface area contributed by atoms with Crippen LogP contribution in [0.4, 0.5) is 0 Å². The quantitative estimate of drug-likeness (QED) is 0.564. The van der Waals surface area contributed by atoms with Gasteiger partial charge in [-0.15, -0.1) is 0 Å². The minimum atomic E-state index is -1.53. The van der Waals surface area contributed by atoms with Crippen molar-refractivity contribution in [2.24, 2.45) is 5.92 Å². The Morgan fingerprint density at radius 1 is 1.44 bits per heavy atom. The Kier molecular flexibility index (Phi) is 5.83. The van der Waals surface area contributed by atoms with E-state index in [1.165, 1.54) is 7.11 Å². The van der Waals surface area contributed by atoms with Gasteiger partial charge >= 0.3 is 0 Å². The lowest BCUT2D eigenvalue weighted by Gasteiger charge is -2.36. The zero-order valence-corrected chi connectivity index (χ0v) is 13.1. The van der Waals surface area contributed by atoms with E-state index in [9.17, 15) is 9.59 Å². The molecule has 0 spiro atoms. The molecule has 1 fully saturated rings. The summed E-state index contributed by atoms with van der Waals surface area (Å²) in [7, 11) is -0.0436. The van der Waals surface area contributed by atoms with Crippen LogP contribution >= 0.6 is 11.8 Å². The standard InChI is InChI=1S/C11H21NO4SSi/c1-15-7-9(13)17-11-8(10(14)12-11)5-6-16-18(2,3)4/h8,11H,5-7H2,1-4H3,(H,12,14)/t8-,11+/m0/s1. The van der Waals surface area contributed by atoms with Crippen LogP contribution in [0.5, 0.6) is 0 Å². The number of hydrogen-bond acceptors (Lipinski definition) is 5. The number of hydrogen-bond donors (Lipinski definition) is 1. The Morgan fingerprint density at radius 2 is 2.11 bits per heavy atom. The molecular weight excluding hydrogens is 270 g/mol. The van der Waals surface area contributed by atoms with Crippen molar-refractivity contribution in [3.05, 3.63) is 0 Å². The summed E-state index contributed by atoms with van der Waals surface area (Å²) in [6.45, 7) is 7.01. The van der Waals surface area contributed by atoms with E-state index in [0.29, 0.717) is 13.0 Å². The molecule has 1 amide bonds. The van der Waals surface area contributed by atoms with Crippen LogP contribution in [0.1, 0.15) is 6.42 Å². The second kappa shape index (κ2) is 6.69. The van der Waals surface area contributed by atoms with Gasteiger partial charge in [-0.2, -0.15) is 0 Å². The summed E-state index contributed by atoms with van der Waals surface area (Å²) in [6.07, 6.45) is 0.675. The highest BCUT2D eigenvalue weighted by molar-refractivity contribution is 8.14. The summed E-state index contributed by atoms with van der Waals surface area (Å²) < 4.78 is 10.5. The van der Waals surface area contributed by atoms with E-state index in [1.807, 2.05) is 0 Å². The van der Waals surface area contributed by atoms with Gasteiger partial charge in [0.05, 0.1) is 11.3 Å². The first-order valence-electron chi connectivity index (χ1n) is 5.96. The van der Waals surface area contributed by atoms with Gasteiger partial charge in [0.25, 0.3) is 0 Å². The lowest BCUT2D eigenvalue weighted by Crippen LogP contribution is -2.57. The fourth-order valence-electron chi connectivity index (χ4n) is 1.57. The molecule has 0 saturated carbocycles. The van der Waals surface area contributed by atoms with Crippen molar-refractivity contribution in [3.63, 3.8) is 0 Å². The van der Waals surface area contributed by atoms with Crippen molar-refractivity contribution in [2.75, 3.05) is 20.3 Å². The molecule has 1 N–H and O–H groups in total. The van der Waals surface area contributed by atoms with Crippen LogP contribution in [0.25, 0.3) is 0 Å². The van der Waals surface area contributed by atoms with E-state index in [0.717, 1.165) is 11.8 Å². The lowest BCUT2D eigenvalue weighted by atomic mass is 9.98. The zero-order valence-electron chi connectivity index (χ0n) is 11.3. The lowest BCUT2D eigenvalue weighted by molar-refractivity contribution is -0.132. The number of thioether (sulfide) groups is 1. The summed E-state index contributed by atoms with van der Waals surface area (Å²) in [5.74, 6) is -0.107. The predicted octanol–water partition coefficient (Wildman–Crippen LogP) is 1.21. The first-order chi connectivity index (χ1) is 8.33. The van der Waals surface area contributed by atoms with Gasteiger partial charge in [0.15, 0.2) is 8.32 Å². The Bertz CT molecular complexity index is 319. The molecule has 1 aliphatic rings. The summed E-state index contributed by atoms with van der Waals surface area (Å²) >= 11 is 1.14. The molecule has 1 heterocycles. The van der Waals surface area contributed by atoms with E-state index < -0.39 is 8.32 Å². The Labute approximate surface area is 113 Å². The van der Waals surface area contributed by atoms with E-state index in [1.54, 1.807) is 0 Å². The van der Waals surface area contributed by atoms with Gasteiger partial charge in [0, 0.05) is 13.7 Å². The molecule has 0 radical (unpaired) electrons. The number of amides is 1. The molecule has 0 aromatic heterocycles. The number of carbonyl (C=O) groups excluding carboxylic acids is 2. The molecule has 0 aliphatic carbocycles. The number of nitrogens with one attached hydrogen (secondary N) is 1. The smallest absolute Gasteiger partial charge is 0.227 e. The maximum Gasteiger partial charge on any atom is 0.227 e. The van der Waals surface area contributed by atoms with E-state index >= 15 is 0 Å². The van der Waals surface area contributed by atoms with Crippen LogP contribution in [-0.4, -0.2) is 45.0 Å². The van der Waals surface area contributed by atoms with E-state index in [-0.39, 0.29) is 28.9 Å². The zero-order chi connectivity index (χ0) is 13.8. The van der Waals surface area contributed by atoms with Gasteiger partial charge in [0.1, 0.15) is 6.61 Å². The fraction of sp³-hybridized carbons (Fsp3) is 0.818. The van der Waals surface area contributed by atoms with E-state index in [4.69, 9.17) is 9.16 Å². The molecule has 0 unspecified atom stereocenters. The minimum absolute atomic E-state index is 0.0110. The van der Waals surface area contributed by atoms with Crippen molar-refractivity contribution < 1.29 is 18.8 Å². The van der Waals surface area contributed by atoms with Crippen LogP contribution in [0.2, 0.25) is 19.6 Å². The molecule has 2 atom stereocenters. The monoisotopic (exact) mass is 291 g/mol. The molecule has 18 heavy (non-hydrogen) atoms. The van der Waals surface area contributed by atoms with Crippen molar-refractivity contribution in [2.45, 2.75) is 31.4 Å². The van der Waals surface area contributed by atoms with Crippen molar-refractivity contribution >= 4 is 31.1 Å². The summed E-state index contributed by atoms with van der Waals surface area (Å²) in [6, 6.07) is 0. The first-order valence-corrected chi connectivity index (χ1v) is 10.2. The summed E-state index contributed by atoms with van der Waals surface area (Å²) in [5, 5.41) is 2.56. The highest BCUT2D eigenvalue weighted by atomic mass is 32.2. The molecule has 1 saturated heterocycles. The van der Waals surface area contributed by atoms with Crippen LogP contribution in [0, 0.1) is 5.92 Å². The SMILES string of the molecule is COCC(=O)S[C@H]1NC(=O)[C@@H]1CCO[Si](C)(C)C. The summed E-state index contributed by atoms with van der Waals surface area (Å²) in [5.41, 5.74) is 0. The second-order valence-electron chi connectivity index (χ2n) is 5.21. The first kappa shape index (κ1) is 15.7. The maximum absolute atomic E-state index is 11.4. The maximum atomic E-state index is 11.4. The van der Waals surface area contributed by atoms with Gasteiger partial charge in [-0.1, -0.05) is 11.8 Å². The topological polar surface area (TPSA) is 64.6 Å². The predicted molar refractivity (Wildman–Crippen MR) is 73.8 cm³/mol. The highest BCUT2D eigenvalue weighted by Gasteiger charge is 2.40. The van der Waals surface area contributed by atoms with Crippen molar-refractivity contribution in [3.8, 4) is 0 Å². The average Bonchev–Trinajstić information content (AvgIpc) is 2.23. The fourth-order valence-corrected chi connectivity index (χ4v) is 3.37. The molecule has 1 rings (SSSR count). The van der Waals surface area contributed by atoms with Gasteiger partial charge in [0.2, 0.25) is 11.0 Å². The van der Waals surface area contributed by atoms with Gasteiger partial charge in [-0.25, -0.2) is 0 Å². The molecule has 0 aromatic rings. The van der Waals surface area contributed by atoms with Crippen LogP contribution < -0.4 is 5.32 Å². The molecule has 7 heteroatoms. The van der Waals surface area contributed by atoms with E-state index in [2.05, 4.69) is 25.0 Å². The number of rotatable bonds is 7. The van der Waals surface area contributed by atoms with Crippen LogP contribution in [0.15, 0.2) is 0 Å². The Hall–Kier alpha value is -0.373. The molecule has 5 nitrogen and oxygen atoms in total. The molecular formula is C11H21NO4SSi. The number of carbonyl (C=O) groups is 2. The van der Waals surface area contributed by atoms with Crippen LogP contribution in [0.3, 0.4) is 0 Å². The van der Waals surface area contributed by atoms with Gasteiger partial charge in [-0.05, 0) is 26.1 Å². The highest BCUT2D eigenvalue weighted by Crippen LogP contribution is 2.29. The molecule has 0 bridgehead atoms. The molecule has 104 valence electrons. The molecule has 0 aromatic carbocycles. The Balaban J connectivity index is 2.30. The largest absolute Gasteiger partial charge is 0.418 e. The van der Waals surface area contributed by atoms with Crippen molar-refractivity contribution in [1.29, 1.82) is 0 Å². The third kappa shape index (κ3) is 5.09. The van der Waals surface area contributed by atoms with Gasteiger partial charge < -0.3 is 14.5 Å². The number of β-lactam (4-membered cyclic amide) rings is 1. The molecule has 1 aliphatic heterocycles. The summed E-state index contributed by atoms with van der Waals surface area (Å²) in [4.78, 5) is 22.8. The second-order valence-corrected chi connectivity index (χ2v) is 10.9. The van der Waals surface area contributed by atoms with Crippen molar-refractivity contribution in [1.82, 2.24) is 5.32 Å². The Morgan fingerprint density at radius 3 is 2.61 bits per heavy atom.